The van der Waals surface area contributed by atoms with Gasteiger partial charge >= 0.3 is 0 Å². The van der Waals surface area contributed by atoms with E-state index in [1.54, 1.807) is 24.4 Å². The molecule has 0 radical (unpaired) electrons. The molecule has 5 heteroatoms. The summed E-state index contributed by atoms with van der Waals surface area (Å²) in [6.45, 7) is 3.17. The van der Waals surface area contributed by atoms with Crippen LogP contribution in [0.1, 0.15) is 27.2 Å². The van der Waals surface area contributed by atoms with Crippen LogP contribution in [0.3, 0.4) is 0 Å². The minimum absolute atomic E-state index is 0.210. The van der Waals surface area contributed by atoms with Crippen molar-refractivity contribution in [2.24, 2.45) is 0 Å². The first kappa shape index (κ1) is 18.6. The molecule has 0 unspecified atom stereocenters. The van der Waals surface area contributed by atoms with Gasteiger partial charge in [-0.3, -0.25) is 9.78 Å². The van der Waals surface area contributed by atoms with E-state index in [1.807, 2.05) is 37.3 Å². The number of pyridine rings is 1. The van der Waals surface area contributed by atoms with E-state index in [0.717, 1.165) is 23.2 Å². The second-order valence-corrected chi connectivity index (χ2v) is 6.40. The highest BCUT2D eigenvalue weighted by Crippen LogP contribution is 2.10. The van der Waals surface area contributed by atoms with Gasteiger partial charge in [0.05, 0.1) is 0 Å². The molecule has 0 spiro atoms. The van der Waals surface area contributed by atoms with Gasteiger partial charge in [0.2, 0.25) is 0 Å². The van der Waals surface area contributed by atoms with Crippen molar-refractivity contribution in [1.29, 1.82) is 0 Å². The molecule has 0 saturated heterocycles. The van der Waals surface area contributed by atoms with E-state index in [2.05, 4.69) is 15.6 Å². The van der Waals surface area contributed by atoms with Crippen LogP contribution in [0.4, 0.5) is 10.1 Å². The number of aryl methyl sites for hydroxylation is 1. The molecule has 0 aliphatic carbocycles. The summed E-state index contributed by atoms with van der Waals surface area (Å²) in [4.78, 5) is 16.5. The van der Waals surface area contributed by atoms with Gasteiger partial charge in [0.15, 0.2) is 0 Å². The molecular weight excluding hydrogens is 341 g/mol. The largest absolute Gasteiger partial charge is 0.385 e. The van der Waals surface area contributed by atoms with Crippen LogP contribution in [0.5, 0.6) is 0 Å². The number of nitrogens with zero attached hydrogens (tertiary/aromatic N) is 1. The van der Waals surface area contributed by atoms with Crippen LogP contribution in [0, 0.1) is 12.7 Å². The van der Waals surface area contributed by atoms with Gasteiger partial charge in [-0.15, -0.1) is 0 Å². The van der Waals surface area contributed by atoms with Crippen LogP contribution in [-0.4, -0.2) is 17.4 Å². The Hall–Kier alpha value is -3.21. The van der Waals surface area contributed by atoms with E-state index in [1.165, 1.54) is 17.7 Å². The fourth-order valence-corrected chi connectivity index (χ4v) is 2.65. The summed E-state index contributed by atoms with van der Waals surface area (Å²) < 4.78 is 12.9. The maximum Gasteiger partial charge on any atom is 0.270 e. The van der Waals surface area contributed by atoms with Crippen molar-refractivity contribution in [3.05, 3.63) is 95.1 Å². The Morgan fingerprint density at radius 3 is 2.44 bits per heavy atom. The van der Waals surface area contributed by atoms with E-state index in [4.69, 9.17) is 0 Å². The molecule has 0 bridgehead atoms. The number of carbonyl (C=O) groups is 1. The van der Waals surface area contributed by atoms with Gasteiger partial charge < -0.3 is 10.6 Å². The number of carbonyl (C=O) groups excluding carboxylic acids is 1. The van der Waals surface area contributed by atoms with Gasteiger partial charge in [-0.05, 0) is 48.7 Å². The third-order valence-corrected chi connectivity index (χ3v) is 4.22. The molecule has 2 N–H and O–H groups in total. The summed E-state index contributed by atoms with van der Waals surface area (Å²) in [6.07, 6.45) is 2.37. The first-order valence-electron chi connectivity index (χ1n) is 8.88. The van der Waals surface area contributed by atoms with Crippen molar-refractivity contribution in [2.45, 2.75) is 19.9 Å². The summed E-state index contributed by atoms with van der Waals surface area (Å²) in [7, 11) is 0. The van der Waals surface area contributed by atoms with Gasteiger partial charge in [0.25, 0.3) is 5.91 Å². The van der Waals surface area contributed by atoms with Crippen molar-refractivity contribution < 1.29 is 9.18 Å². The van der Waals surface area contributed by atoms with Crippen LogP contribution in [0.2, 0.25) is 0 Å². The number of rotatable bonds is 7. The summed E-state index contributed by atoms with van der Waals surface area (Å²) in [5.74, 6) is -0.445. The summed E-state index contributed by atoms with van der Waals surface area (Å²) >= 11 is 0. The SMILES string of the molecule is Cc1ccc(CNC(=O)c2cc(NCCc3ccc(F)cc3)ccn2)cc1. The summed E-state index contributed by atoms with van der Waals surface area (Å²) in [5, 5.41) is 6.15. The lowest BCUT2D eigenvalue weighted by atomic mass is 10.1. The van der Waals surface area contributed by atoms with E-state index < -0.39 is 0 Å². The molecule has 1 amide bonds. The second kappa shape index (κ2) is 8.94. The molecule has 2 aromatic carbocycles. The lowest BCUT2D eigenvalue weighted by Crippen LogP contribution is -2.23. The third-order valence-electron chi connectivity index (χ3n) is 4.22. The Labute approximate surface area is 158 Å². The minimum atomic E-state index is -0.234. The van der Waals surface area contributed by atoms with E-state index in [9.17, 15) is 9.18 Å². The Balaban J connectivity index is 1.52. The molecule has 27 heavy (non-hydrogen) atoms. The van der Waals surface area contributed by atoms with Crippen LogP contribution < -0.4 is 10.6 Å². The van der Waals surface area contributed by atoms with Crippen LogP contribution in [0.15, 0.2) is 66.9 Å². The van der Waals surface area contributed by atoms with Gasteiger partial charge in [-0.1, -0.05) is 42.0 Å². The number of benzene rings is 2. The molecule has 0 saturated carbocycles. The molecule has 138 valence electrons. The molecule has 0 fully saturated rings. The zero-order valence-corrected chi connectivity index (χ0v) is 15.2. The molecule has 1 heterocycles. The molecule has 0 aliphatic heterocycles. The van der Waals surface area contributed by atoms with Crippen LogP contribution in [0.25, 0.3) is 0 Å². The van der Waals surface area contributed by atoms with Crippen molar-refractivity contribution in [2.75, 3.05) is 11.9 Å². The maximum absolute atomic E-state index is 12.9. The fraction of sp³-hybridized carbons (Fsp3) is 0.182. The molecule has 3 aromatic rings. The van der Waals surface area contributed by atoms with Crippen molar-refractivity contribution in [1.82, 2.24) is 10.3 Å². The maximum atomic E-state index is 12.9. The third kappa shape index (κ3) is 5.64. The Bertz CT molecular complexity index is 892. The Morgan fingerprint density at radius 2 is 1.70 bits per heavy atom. The van der Waals surface area contributed by atoms with Crippen molar-refractivity contribution >= 4 is 11.6 Å². The van der Waals surface area contributed by atoms with E-state index in [0.29, 0.717) is 18.8 Å². The smallest absolute Gasteiger partial charge is 0.270 e. The highest BCUT2D eigenvalue weighted by atomic mass is 19.1. The zero-order valence-electron chi connectivity index (χ0n) is 15.2. The lowest BCUT2D eigenvalue weighted by Gasteiger charge is -2.09. The highest BCUT2D eigenvalue weighted by Gasteiger charge is 2.08. The van der Waals surface area contributed by atoms with Crippen LogP contribution >= 0.6 is 0 Å². The highest BCUT2D eigenvalue weighted by molar-refractivity contribution is 5.93. The number of aromatic nitrogens is 1. The average molecular weight is 363 g/mol. The number of amides is 1. The Morgan fingerprint density at radius 1 is 1.00 bits per heavy atom. The monoisotopic (exact) mass is 363 g/mol. The summed E-state index contributed by atoms with van der Waals surface area (Å²) in [6, 6.07) is 18.0. The molecule has 4 nitrogen and oxygen atoms in total. The number of hydrogen-bond donors (Lipinski definition) is 2. The van der Waals surface area contributed by atoms with Gasteiger partial charge in [0.1, 0.15) is 11.5 Å². The molecule has 0 atom stereocenters. The second-order valence-electron chi connectivity index (χ2n) is 6.40. The fourth-order valence-electron chi connectivity index (χ4n) is 2.65. The first-order valence-corrected chi connectivity index (χ1v) is 8.88. The average Bonchev–Trinajstić information content (AvgIpc) is 2.69. The number of nitrogens with one attached hydrogen (secondary N) is 2. The summed E-state index contributed by atoms with van der Waals surface area (Å²) in [5.41, 5.74) is 4.48. The number of anilines is 1. The van der Waals surface area contributed by atoms with Crippen LogP contribution in [-0.2, 0) is 13.0 Å². The lowest BCUT2D eigenvalue weighted by molar-refractivity contribution is 0.0946. The van der Waals surface area contributed by atoms with E-state index >= 15 is 0 Å². The number of hydrogen-bond acceptors (Lipinski definition) is 3. The van der Waals surface area contributed by atoms with Gasteiger partial charge in [0, 0.05) is 25.0 Å². The topological polar surface area (TPSA) is 54.0 Å². The molecule has 1 aromatic heterocycles. The predicted octanol–water partition coefficient (Wildman–Crippen LogP) is 4.11. The molecule has 3 rings (SSSR count). The molecule has 0 aliphatic rings. The standard InChI is InChI=1S/C22H22FN3O/c1-16-2-4-18(5-3-16)15-26-22(27)21-14-20(11-13-25-21)24-12-10-17-6-8-19(23)9-7-17/h2-9,11,13-14H,10,12,15H2,1H3,(H,24,25)(H,26,27). The zero-order chi connectivity index (χ0) is 19.1. The van der Waals surface area contributed by atoms with Gasteiger partial charge in [-0.2, -0.15) is 0 Å². The first-order chi connectivity index (χ1) is 13.1. The van der Waals surface area contributed by atoms with Crippen molar-refractivity contribution in [3.8, 4) is 0 Å². The van der Waals surface area contributed by atoms with Gasteiger partial charge in [-0.25, -0.2) is 4.39 Å². The van der Waals surface area contributed by atoms with Crippen molar-refractivity contribution in [3.63, 3.8) is 0 Å². The predicted molar refractivity (Wildman–Crippen MR) is 105 cm³/mol. The minimum Gasteiger partial charge on any atom is -0.385 e. The van der Waals surface area contributed by atoms with E-state index in [-0.39, 0.29) is 11.7 Å². The number of halogens is 1. The normalized spacial score (nSPS) is 10.4. The molecular formula is C22H22FN3O. The Kier molecular flexibility index (Phi) is 6.15. The quantitative estimate of drug-likeness (QED) is 0.664.